The van der Waals surface area contributed by atoms with E-state index in [1.165, 1.54) is 25.3 Å². The molecule has 1 amide bonds. The van der Waals surface area contributed by atoms with Crippen LogP contribution < -0.4 is 10.1 Å². The molecule has 0 spiro atoms. The van der Waals surface area contributed by atoms with E-state index < -0.39 is 48.6 Å². The second-order valence-electron chi connectivity index (χ2n) is 6.18. The standard InChI is InChI=1S/C17H21NO8/c1-26-13-6-9(2-4-11(13)19)3-5-14(21)18-10-7-17(25,16(23)24)8-12(20)15(10)22/h2-6,10,12,15,19-20,22,25H,7-8H2,1H3,(H,18,21)(H,23,24)/b5-3-/t10-,12-,15+,17-/m1/s1. The third-order valence-corrected chi connectivity index (χ3v) is 4.27. The van der Waals surface area contributed by atoms with Crippen LogP contribution in [-0.2, 0) is 9.59 Å². The monoisotopic (exact) mass is 367 g/mol. The van der Waals surface area contributed by atoms with Crippen molar-refractivity contribution in [1.82, 2.24) is 5.32 Å². The predicted molar refractivity (Wildman–Crippen MR) is 89.5 cm³/mol. The van der Waals surface area contributed by atoms with E-state index in [2.05, 4.69) is 5.32 Å². The molecule has 1 aromatic rings. The lowest BCUT2D eigenvalue weighted by Crippen LogP contribution is -2.60. The highest BCUT2D eigenvalue weighted by molar-refractivity contribution is 5.92. The molecule has 26 heavy (non-hydrogen) atoms. The largest absolute Gasteiger partial charge is 0.504 e. The Kier molecular flexibility index (Phi) is 5.86. The summed E-state index contributed by atoms with van der Waals surface area (Å²) in [6, 6.07) is 3.31. The number of rotatable bonds is 5. The average molecular weight is 367 g/mol. The normalized spacial score (nSPS) is 28.7. The average Bonchev–Trinajstić information content (AvgIpc) is 2.58. The van der Waals surface area contributed by atoms with Gasteiger partial charge < -0.3 is 35.6 Å². The lowest BCUT2D eigenvalue weighted by atomic mass is 9.78. The summed E-state index contributed by atoms with van der Waals surface area (Å²) in [5.41, 5.74) is -1.67. The Bertz CT molecular complexity index is 719. The fourth-order valence-corrected chi connectivity index (χ4v) is 2.81. The number of carbonyl (C=O) groups excluding carboxylic acids is 1. The van der Waals surface area contributed by atoms with Gasteiger partial charge in [0.25, 0.3) is 0 Å². The maximum atomic E-state index is 12.0. The van der Waals surface area contributed by atoms with E-state index in [9.17, 15) is 30.0 Å². The Morgan fingerprint density at radius 1 is 1.31 bits per heavy atom. The Labute approximate surface area is 149 Å². The number of carboxylic acid groups (broad SMARTS) is 1. The molecular formula is C17H21NO8. The highest BCUT2D eigenvalue weighted by atomic mass is 16.5. The number of ether oxygens (including phenoxy) is 1. The van der Waals surface area contributed by atoms with E-state index in [4.69, 9.17) is 9.84 Å². The summed E-state index contributed by atoms with van der Waals surface area (Å²) in [5, 5.41) is 50.7. The molecule has 1 aliphatic rings. The van der Waals surface area contributed by atoms with Crippen molar-refractivity contribution < 1.29 is 39.9 Å². The van der Waals surface area contributed by atoms with Crippen molar-refractivity contribution in [3.8, 4) is 11.5 Å². The number of carbonyl (C=O) groups is 2. The molecule has 1 fully saturated rings. The molecular weight excluding hydrogens is 346 g/mol. The van der Waals surface area contributed by atoms with Crippen molar-refractivity contribution in [2.45, 2.75) is 36.7 Å². The van der Waals surface area contributed by atoms with E-state index in [0.29, 0.717) is 5.56 Å². The van der Waals surface area contributed by atoms with Crippen LogP contribution in [0.5, 0.6) is 11.5 Å². The molecule has 1 aromatic carbocycles. The second kappa shape index (κ2) is 7.73. The van der Waals surface area contributed by atoms with Gasteiger partial charge in [0, 0.05) is 18.9 Å². The summed E-state index contributed by atoms with van der Waals surface area (Å²) in [6.45, 7) is 0. The number of aliphatic carboxylic acids is 1. The molecule has 0 heterocycles. The number of aromatic hydroxyl groups is 1. The van der Waals surface area contributed by atoms with Crippen molar-refractivity contribution in [2.24, 2.45) is 0 Å². The van der Waals surface area contributed by atoms with Crippen LogP contribution in [0.4, 0.5) is 0 Å². The number of phenolic OH excluding ortho intramolecular Hbond substituents is 1. The van der Waals surface area contributed by atoms with Gasteiger partial charge >= 0.3 is 5.97 Å². The minimum atomic E-state index is -2.23. The Morgan fingerprint density at radius 2 is 2.00 bits per heavy atom. The first-order valence-corrected chi connectivity index (χ1v) is 7.84. The molecule has 6 N–H and O–H groups in total. The molecule has 142 valence electrons. The second-order valence-corrected chi connectivity index (χ2v) is 6.18. The first-order chi connectivity index (χ1) is 12.2. The van der Waals surface area contributed by atoms with Crippen LogP contribution >= 0.6 is 0 Å². The molecule has 9 heteroatoms. The predicted octanol–water partition coefficient (Wildman–Crippen LogP) is -0.770. The molecule has 0 aromatic heterocycles. The topological polar surface area (TPSA) is 157 Å². The Morgan fingerprint density at radius 3 is 2.62 bits per heavy atom. The van der Waals surface area contributed by atoms with Crippen molar-refractivity contribution in [3.63, 3.8) is 0 Å². The van der Waals surface area contributed by atoms with Gasteiger partial charge in [-0.1, -0.05) is 6.07 Å². The third-order valence-electron chi connectivity index (χ3n) is 4.27. The number of phenols is 1. The SMILES string of the molecule is COc1cc(/C=C\C(=O)N[C@@H]2C[C@](O)(C(=O)O)C[C@@H](O)[C@H]2O)ccc1O. The molecule has 1 aliphatic carbocycles. The van der Waals surface area contributed by atoms with Gasteiger partial charge in [-0.2, -0.15) is 0 Å². The number of carboxylic acids is 1. The maximum absolute atomic E-state index is 12.0. The highest BCUT2D eigenvalue weighted by Gasteiger charge is 2.49. The van der Waals surface area contributed by atoms with Gasteiger partial charge in [-0.25, -0.2) is 4.79 Å². The van der Waals surface area contributed by atoms with Gasteiger partial charge in [0.2, 0.25) is 5.91 Å². The van der Waals surface area contributed by atoms with E-state index in [-0.39, 0.29) is 11.5 Å². The number of hydrogen-bond donors (Lipinski definition) is 6. The first kappa shape index (κ1) is 19.7. The molecule has 0 radical (unpaired) electrons. The molecule has 0 bridgehead atoms. The van der Waals surface area contributed by atoms with Gasteiger partial charge in [0.15, 0.2) is 17.1 Å². The number of methoxy groups -OCH3 is 1. The Balaban J connectivity index is 2.07. The zero-order valence-electron chi connectivity index (χ0n) is 14.0. The van der Waals surface area contributed by atoms with Crippen molar-refractivity contribution >= 4 is 18.0 Å². The maximum Gasteiger partial charge on any atom is 0.335 e. The van der Waals surface area contributed by atoms with E-state index in [0.717, 1.165) is 6.08 Å². The number of aliphatic hydroxyl groups excluding tert-OH is 2. The lowest BCUT2D eigenvalue weighted by Gasteiger charge is -2.39. The minimum absolute atomic E-state index is 0.0543. The summed E-state index contributed by atoms with van der Waals surface area (Å²) >= 11 is 0. The van der Waals surface area contributed by atoms with Crippen LogP contribution in [0.25, 0.3) is 6.08 Å². The summed E-state index contributed by atoms with van der Waals surface area (Å²) in [7, 11) is 1.38. The molecule has 0 aliphatic heterocycles. The van der Waals surface area contributed by atoms with Crippen LogP contribution in [0, 0.1) is 0 Å². The Hall–Kier alpha value is -2.62. The quantitative estimate of drug-likeness (QED) is 0.371. The number of nitrogens with one attached hydrogen (secondary N) is 1. The summed E-state index contributed by atoms with van der Waals surface area (Å²) in [6.07, 6.45) is -1.29. The smallest absolute Gasteiger partial charge is 0.335 e. The lowest BCUT2D eigenvalue weighted by molar-refractivity contribution is -0.175. The molecule has 2 rings (SSSR count). The van der Waals surface area contributed by atoms with Crippen LogP contribution in [0.15, 0.2) is 24.3 Å². The highest BCUT2D eigenvalue weighted by Crippen LogP contribution is 2.30. The van der Waals surface area contributed by atoms with Crippen LogP contribution in [-0.4, -0.2) is 68.4 Å². The van der Waals surface area contributed by atoms with Crippen molar-refractivity contribution in [2.75, 3.05) is 7.11 Å². The van der Waals surface area contributed by atoms with E-state index in [1.54, 1.807) is 6.07 Å². The molecule has 0 saturated heterocycles. The van der Waals surface area contributed by atoms with E-state index >= 15 is 0 Å². The third kappa shape index (κ3) is 4.31. The molecule has 1 saturated carbocycles. The zero-order chi connectivity index (χ0) is 19.5. The summed E-state index contributed by atoms with van der Waals surface area (Å²) in [5.74, 6) is -2.01. The van der Waals surface area contributed by atoms with Gasteiger partial charge in [-0.3, -0.25) is 4.79 Å². The van der Waals surface area contributed by atoms with Crippen molar-refractivity contribution in [1.29, 1.82) is 0 Å². The van der Waals surface area contributed by atoms with Crippen LogP contribution in [0.2, 0.25) is 0 Å². The molecule has 4 atom stereocenters. The minimum Gasteiger partial charge on any atom is -0.504 e. The fraction of sp³-hybridized carbons (Fsp3) is 0.412. The number of aliphatic hydroxyl groups is 3. The van der Waals surface area contributed by atoms with Gasteiger partial charge in [-0.15, -0.1) is 0 Å². The molecule has 9 nitrogen and oxygen atoms in total. The number of hydrogen-bond acceptors (Lipinski definition) is 7. The van der Waals surface area contributed by atoms with Crippen LogP contribution in [0.1, 0.15) is 18.4 Å². The van der Waals surface area contributed by atoms with Crippen LogP contribution in [0.3, 0.4) is 0 Å². The zero-order valence-corrected chi connectivity index (χ0v) is 14.0. The summed E-state index contributed by atoms with van der Waals surface area (Å²) in [4.78, 5) is 23.2. The number of benzene rings is 1. The van der Waals surface area contributed by atoms with Gasteiger partial charge in [0.05, 0.1) is 19.3 Å². The van der Waals surface area contributed by atoms with Crippen molar-refractivity contribution in [3.05, 3.63) is 29.8 Å². The fourth-order valence-electron chi connectivity index (χ4n) is 2.81. The first-order valence-electron chi connectivity index (χ1n) is 7.84. The number of amides is 1. The van der Waals surface area contributed by atoms with E-state index in [1.807, 2.05) is 0 Å². The van der Waals surface area contributed by atoms with Gasteiger partial charge in [0.1, 0.15) is 6.10 Å². The molecule has 0 unspecified atom stereocenters. The van der Waals surface area contributed by atoms with Gasteiger partial charge in [-0.05, 0) is 23.8 Å². The summed E-state index contributed by atoms with van der Waals surface area (Å²) < 4.78 is 4.96.